The molecule has 0 aliphatic carbocycles. The van der Waals surface area contributed by atoms with Gasteiger partial charge in [-0.1, -0.05) is 24.3 Å². The number of ether oxygens (including phenoxy) is 2. The summed E-state index contributed by atoms with van der Waals surface area (Å²) in [6, 6.07) is 15.7. The Morgan fingerprint density at radius 3 is 2.57 bits per heavy atom. The standard InChI is InChI=1S/C21H21N3O3S/c1-13-19-20(14-9-10-16(26-2)17(11-14)27-3)28-12-18(25)22-21(19)24(23-13)15-7-5-4-6-8-15/h4-11,20H,12H2,1-3H3,(H,22,25)/t20-/m0/s1. The van der Waals surface area contributed by atoms with E-state index in [0.29, 0.717) is 17.3 Å². The number of anilines is 1. The van der Waals surface area contributed by atoms with Crippen molar-refractivity contribution >= 4 is 23.5 Å². The van der Waals surface area contributed by atoms with Crippen LogP contribution in [0.25, 0.3) is 5.69 Å². The molecule has 0 saturated carbocycles. The van der Waals surface area contributed by atoms with Crippen molar-refractivity contribution in [2.24, 2.45) is 0 Å². The molecule has 0 fully saturated rings. The molecule has 3 aromatic rings. The van der Waals surface area contributed by atoms with E-state index in [1.807, 2.05) is 60.1 Å². The zero-order valence-corrected chi connectivity index (χ0v) is 16.7. The Kier molecular flexibility index (Phi) is 5.00. The molecule has 0 spiro atoms. The average molecular weight is 395 g/mol. The topological polar surface area (TPSA) is 65.4 Å². The fourth-order valence-corrected chi connectivity index (χ4v) is 4.60. The Morgan fingerprint density at radius 1 is 1.11 bits per heavy atom. The highest BCUT2D eigenvalue weighted by Gasteiger charge is 2.31. The van der Waals surface area contributed by atoms with Crippen LogP contribution in [0.4, 0.5) is 5.82 Å². The highest BCUT2D eigenvalue weighted by atomic mass is 32.2. The number of amides is 1. The number of aromatic nitrogens is 2. The van der Waals surface area contributed by atoms with Gasteiger partial charge in [-0.3, -0.25) is 4.79 Å². The number of hydrogen-bond acceptors (Lipinski definition) is 5. The van der Waals surface area contributed by atoms with Gasteiger partial charge in [-0.25, -0.2) is 4.68 Å². The highest BCUT2D eigenvalue weighted by Crippen LogP contribution is 2.45. The van der Waals surface area contributed by atoms with E-state index in [9.17, 15) is 4.79 Å². The van der Waals surface area contributed by atoms with E-state index in [4.69, 9.17) is 14.6 Å². The third kappa shape index (κ3) is 3.22. The van der Waals surface area contributed by atoms with Gasteiger partial charge in [0.1, 0.15) is 5.82 Å². The monoisotopic (exact) mass is 395 g/mol. The number of carbonyl (C=O) groups is 1. The maximum atomic E-state index is 12.4. The summed E-state index contributed by atoms with van der Waals surface area (Å²) in [7, 11) is 3.24. The van der Waals surface area contributed by atoms with Crippen molar-refractivity contribution < 1.29 is 14.3 Å². The van der Waals surface area contributed by atoms with Gasteiger partial charge in [-0.15, -0.1) is 11.8 Å². The van der Waals surface area contributed by atoms with Gasteiger partial charge in [0.2, 0.25) is 5.91 Å². The van der Waals surface area contributed by atoms with E-state index in [1.54, 1.807) is 26.0 Å². The largest absolute Gasteiger partial charge is 0.493 e. The molecule has 6 nitrogen and oxygen atoms in total. The first-order chi connectivity index (χ1) is 13.6. The molecule has 144 valence electrons. The molecule has 0 radical (unpaired) electrons. The molecule has 1 aliphatic rings. The Morgan fingerprint density at radius 2 is 1.86 bits per heavy atom. The lowest BCUT2D eigenvalue weighted by molar-refractivity contribution is -0.113. The highest BCUT2D eigenvalue weighted by molar-refractivity contribution is 8.00. The molecule has 7 heteroatoms. The van der Waals surface area contributed by atoms with E-state index in [0.717, 1.165) is 28.3 Å². The lowest BCUT2D eigenvalue weighted by atomic mass is 10.0. The van der Waals surface area contributed by atoms with Crippen molar-refractivity contribution in [3.05, 3.63) is 65.4 Å². The number of nitrogens with one attached hydrogen (secondary N) is 1. The average Bonchev–Trinajstić information content (AvgIpc) is 2.93. The van der Waals surface area contributed by atoms with Gasteiger partial charge in [0, 0.05) is 5.56 Å². The minimum atomic E-state index is -0.0498. The summed E-state index contributed by atoms with van der Waals surface area (Å²) in [5, 5.41) is 7.72. The van der Waals surface area contributed by atoms with Crippen LogP contribution in [0.2, 0.25) is 0 Å². The number of aryl methyl sites for hydroxylation is 1. The van der Waals surface area contributed by atoms with Gasteiger partial charge in [0.05, 0.1) is 36.6 Å². The normalized spacial score (nSPS) is 16.1. The van der Waals surface area contributed by atoms with Crippen LogP contribution in [0.15, 0.2) is 48.5 Å². The van der Waals surface area contributed by atoms with Crippen molar-refractivity contribution in [2.75, 3.05) is 25.3 Å². The van der Waals surface area contributed by atoms with Crippen molar-refractivity contribution in [2.45, 2.75) is 12.2 Å². The Bertz CT molecular complexity index is 1020. The number of methoxy groups -OCH3 is 2. The van der Waals surface area contributed by atoms with E-state index in [-0.39, 0.29) is 11.2 Å². The number of nitrogens with zero attached hydrogens (tertiary/aromatic N) is 2. The summed E-state index contributed by atoms with van der Waals surface area (Å²) in [6.07, 6.45) is 0. The lowest BCUT2D eigenvalue weighted by Crippen LogP contribution is -2.15. The minimum absolute atomic E-state index is 0.0358. The number of carbonyl (C=O) groups excluding carboxylic acids is 1. The molecule has 0 bridgehead atoms. The fourth-order valence-electron chi connectivity index (χ4n) is 3.42. The van der Waals surface area contributed by atoms with Crippen LogP contribution in [0.3, 0.4) is 0 Å². The van der Waals surface area contributed by atoms with Crippen molar-refractivity contribution in [1.29, 1.82) is 0 Å². The van der Waals surface area contributed by atoms with Gasteiger partial charge in [0.25, 0.3) is 0 Å². The quantitative estimate of drug-likeness (QED) is 0.724. The van der Waals surface area contributed by atoms with Gasteiger partial charge >= 0.3 is 0 Å². The first kappa shape index (κ1) is 18.4. The number of benzene rings is 2. The number of hydrogen-bond donors (Lipinski definition) is 1. The number of fused-ring (bicyclic) bond motifs is 1. The number of thioether (sulfide) groups is 1. The Hall–Kier alpha value is -2.93. The Labute approximate surface area is 167 Å². The molecular formula is C21H21N3O3S. The van der Waals surface area contributed by atoms with Crippen LogP contribution in [0.5, 0.6) is 11.5 Å². The third-order valence-corrected chi connectivity index (χ3v) is 5.99. The molecule has 2 heterocycles. The predicted octanol–water partition coefficient (Wildman–Crippen LogP) is 3.97. The molecule has 1 atom stereocenters. The summed E-state index contributed by atoms with van der Waals surface area (Å²) in [5.41, 5.74) is 3.83. The van der Waals surface area contributed by atoms with E-state index in [2.05, 4.69) is 5.32 Å². The first-order valence-electron chi connectivity index (χ1n) is 8.90. The molecule has 1 aromatic heterocycles. The summed E-state index contributed by atoms with van der Waals surface area (Å²) in [4.78, 5) is 12.4. The van der Waals surface area contributed by atoms with E-state index in [1.165, 1.54) is 0 Å². The van der Waals surface area contributed by atoms with Crippen molar-refractivity contribution in [3.8, 4) is 17.2 Å². The van der Waals surface area contributed by atoms with Gasteiger partial charge in [-0.05, 0) is 36.8 Å². The number of rotatable bonds is 4. The lowest BCUT2D eigenvalue weighted by Gasteiger charge is -2.17. The molecule has 4 rings (SSSR count). The summed E-state index contributed by atoms with van der Waals surface area (Å²) < 4.78 is 12.6. The van der Waals surface area contributed by atoms with Crippen molar-refractivity contribution in [3.63, 3.8) is 0 Å². The maximum absolute atomic E-state index is 12.4. The maximum Gasteiger partial charge on any atom is 0.235 e. The second-order valence-corrected chi connectivity index (χ2v) is 7.54. The van der Waals surface area contributed by atoms with Crippen LogP contribution in [0.1, 0.15) is 22.1 Å². The first-order valence-corrected chi connectivity index (χ1v) is 9.95. The Balaban J connectivity index is 1.87. The summed E-state index contributed by atoms with van der Waals surface area (Å²) in [5.74, 6) is 2.39. The molecule has 0 unspecified atom stereocenters. The van der Waals surface area contributed by atoms with Gasteiger partial charge in [-0.2, -0.15) is 5.10 Å². The molecule has 1 aliphatic heterocycles. The second-order valence-electron chi connectivity index (χ2n) is 6.45. The molecule has 1 amide bonds. The zero-order chi connectivity index (χ0) is 19.7. The smallest absolute Gasteiger partial charge is 0.235 e. The summed E-state index contributed by atoms with van der Waals surface area (Å²) >= 11 is 1.58. The third-order valence-electron chi connectivity index (χ3n) is 4.72. The van der Waals surface area contributed by atoms with Crippen LogP contribution in [0, 0.1) is 6.92 Å². The van der Waals surface area contributed by atoms with E-state index >= 15 is 0 Å². The fraction of sp³-hybridized carbons (Fsp3) is 0.238. The molecule has 1 N–H and O–H groups in total. The van der Waals surface area contributed by atoms with Gasteiger partial charge < -0.3 is 14.8 Å². The molecule has 28 heavy (non-hydrogen) atoms. The minimum Gasteiger partial charge on any atom is -0.493 e. The van der Waals surface area contributed by atoms with E-state index < -0.39 is 0 Å². The zero-order valence-electron chi connectivity index (χ0n) is 15.9. The predicted molar refractivity (Wildman–Crippen MR) is 111 cm³/mol. The molecule has 0 saturated heterocycles. The summed E-state index contributed by atoms with van der Waals surface area (Å²) in [6.45, 7) is 1.98. The van der Waals surface area contributed by atoms with Crippen LogP contribution < -0.4 is 14.8 Å². The number of para-hydroxylation sites is 1. The van der Waals surface area contributed by atoms with Crippen LogP contribution in [-0.4, -0.2) is 35.7 Å². The van der Waals surface area contributed by atoms with Crippen molar-refractivity contribution in [1.82, 2.24) is 9.78 Å². The van der Waals surface area contributed by atoms with Gasteiger partial charge in [0.15, 0.2) is 11.5 Å². The van der Waals surface area contributed by atoms with Crippen LogP contribution in [-0.2, 0) is 4.79 Å². The van der Waals surface area contributed by atoms with Crippen LogP contribution >= 0.6 is 11.8 Å². The SMILES string of the molecule is COc1ccc([C@@H]2SCC(=O)Nc3c2c(C)nn3-c2ccccc2)cc1OC. The second kappa shape index (κ2) is 7.59. The molecular weight excluding hydrogens is 374 g/mol. The molecule has 2 aromatic carbocycles.